The number of benzene rings is 1. The highest BCUT2D eigenvalue weighted by Crippen LogP contribution is 2.23. The van der Waals surface area contributed by atoms with Gasteiger partial charge in [0.2, 0.25) is 0 Å². The van der Waals surface area contributed by atoms with Crippen molar-refractivity contribution in [2.75, 3.05) is 18.0 Å². The van der Waals surface area contributed by atoms with Gasteiger partial charge in [-0.15, -0.1) is 0 Å². The Hall–Kier alpha value is -2.21. The minimum Gasteiger partial charge on any atom is -0.371 e. The number of hydrogen-bond acceptors (Lipinski definition) is 2. The Balaban J connectivity index is 2.44. The second kappa shape index (κ2) is 5.42. The maximum absolute atomic E-state index is 9.29. The molecule has 2 rings (SSSR count). The van der Waals surface area contributed by atoms with E-state index in [1.165, 1.54) is 0 Å². The van der Waals surface area contributed by atoms with Crippen LogP contribution < -0.4 is 4.90 Å². The van der Waals surface area contributed by atoms with E-state index < -0.39 is 0 Å². The van der Waals surface area contributed by atoms with Crippen molar-refractivity contribution in [3.63, 3.8) is 0 Å². The summed E-state index contributed by atoms with van der Waals surface area (Å²) in [5, 5.41) is 9.29. The van der Waals surface area contributed by atoms with Gasteiger partial charge in [0, 0.05) is 31.2 Å². The van der Waals surface area contributed by atoms with Gasteiger partial charge in [-0.2, -0.15) is 5.26 Å². The number of hydrogen-bond donors (Lipinski definition) is 0. The van der Waals surface area contributed by atoms with Crippen LogP contribution in [0.5, 0.6) is 0 Å². The average Bonchev–Trinajstić information content (AvgIpc) is 2.94. The SMILES string of the molecule is CCN(CC)c1ccc(-n2cccc2)cc1C#N. The first-order valence-electron chi connectivity index (χ1n) is 6.22. The zero-order valence-corrected chi connectivity index (χ0v) is 10.8. The van der Waals surface area contributed by atoms with Gasteiger partial charge in [0.25, 0.3) is 0 Å². The summed E-state index contributed by atoms with van der Waals surface area (Å²) >= 11 is 0. The molecule has 0 aliphatic carbocycles. The zero-order chi connectivity index (χ0) is 13.0. The van der Waals surface area contributed by atoms with E-state index in [4.69, 9.17) is 0 Å². The largest absolute Gasteiger partial charge is 0.371 e. The van der Waals surface area contributed by atoms with Crippen LogP contribution in [0.25, 0.3) is 5.69 Å². The minimum absolute atomic E-state index is 0.727. The molecule has 0 atom stereocenters. The number of anilines is 1. The summed E-state index contributed by atoms with van der Waals surface area (Å²) in [5.41, 5.74) is 2.76. The second-order valence-electron chi connectivity index (χ2n) is 4.08. The Kier molecular flexibility index (Phi) is 3.69. The van der Waals surface area contributed by atoms with Gasteiger partial charge in [0.1, 0.15) is 6.07 Å². The molecule has 0 saturated carbocycles. The van der Waals surface area contributed by atoms with Crippen molar-refractivity contribution >= 4 is 5.69 Å². The average molecular weight is 239 g/mol. The van der Waals surface area contributed by atoms with Gasteiger partial charge in [-0.1, -0.05) is 0 Å². The molecule has 0 bridgehead atoms. The van der Waals surface area contributed by atoms with Gasteiger partial charge in [-0.25, -0.2) is 0 Å². The Morgan fingerprint density at radius 1 is 1.17 bits per heavy atom. The normalized spacial score (nSPS) is 10.1. The molecule has 1 heterocycles. The zero-order valence-electron chi connectivity index (χ0n) is 10.8. The summed E-state index contributed by atoms with van der Waals surface area (Å²) in [6, 6.07) is 12.3. The summed E-state index contributed by atoms with van der Waals surface area (Å²) in [6.07, 6.45) is 3.96. The Bertz CT molecular complexity index is 546. The summed E-state index contributed by atoms with van der Waals surface area (Å²) in [4.78, 5) is 2.19. The van der Waals surface area contributed by atoms with Crippen molar-refractivity contribution in [3.8, 4) is 11.8 Å². The highest BCUT2D eigenvalue weighted by atomic mass is 15.1. The standard InChI is InChI=1S/C15H17N3/c1-3-17(4-2)15-8-7-14(11-13(15)12-16)18-9-5-6-10-18/h5-11H,3-4H2,1-2H3. The van der Waals surface area contributed by atoms with Gasteiger partial charge in [-0.3, -0.25) is 0 Å². The molecule has 0 saturated heterocycles. The molecule has 92 valence electrons. The number of aromatic nitrogens is 1. The molecule has 0 aliphatic heterocycles. The summed E-state index contributed by atoms with van der Waals surface area (Å²) in [7, 11) is 0. The van der Waals surface area contributed by atoms with Crippen LogP contribution in [0.3, 0.4) is 0 Å². The molecule has 18 heavy (non-hydrogen) atoms. The summed E-state index contributed by atoms with van der Waals surface area (Å²) in [6.45, 7) is 6.02. The van der Waals surface area contributed by atoms with Gasteiger partial charge >= 0.3 is 0 Å². The molecule has 0 spiro atoms. The molecular weight excluding hydrogens is 222 g/mol. The van der Waals surface area contributed by atoms with Crippen LogP contribution in [0, 0.1) is 11.3 Å². The molecule has 3 heteroatoms. The first kappa shape index (κ1) is 12.3. The summed E-state index contributed by atoms with van der Waals surface area (Å²) in [5.74, 6) is 0. The molecule has 0 aliphatic rings. The van der Waals surface area contributed by atoms with E-state index in [1.807, 2.05) is 41.2 Å². The molecule has 3 nitrogen and oxygen atoms in total. The fraction of sp³-hybridized carbons (Fsp3) is 0.267. The first-order chi connectivity index (χ1) is 8.80. The predicted octanol–water partition coefficient (Wildman–Crippen LogP) is 3.20. The molecule has 2 aromatic rings. The lowest BCUT2D eigenvalue weighted by Crippen LogP contribution is -2.22. The van der Waals surface area contributed by atoms with Crippen LogP contribution in [0.2, 0.25) is 0 Å². The highest BCUT2D eigenvalue weighted by Gasteiger charge is 2.09. The van der Waals surface area contributed by atoms with Crippen molar-refractivity contribution in [1.82, 2.24) is 4.57 Å². The van der Waals surface area contributed by atoms with Crippen LogP contribution in [0.15, 0.2) is 42.7 Å². The fourth-order valence-corrected chi connectivity index (χ4v) is 2.12. The minimum atomic E-state index is 0.727. The van der Waals surface area contributed by atoms with Crippen molar-refractivity contribution < 1.29 is 0 Å². The topological polar surface area (TPSA) is 32.0 Å². The molecule has 0 N–H and O–H groups in total. The highest BCUT2D eigenvalue weighted by molar-refractivity contribution is 5.62. The van der Waals surface area contributed by atoms with Gasteiger partial charge in [-0.05, 0) is 44.2 Å². The van der Waals surface area contributed by atoms with E-state index in [0.717, 1.165) is 30.0 Å². The molecule has 0 unspecified atom stereocenters. The third-order valence-corrected chi connectivity index (χ3v) is 3.11. The van der Waals surface area contributed by atoms with Gasteiger partial charge in [0.05, 0.1) is 11.3 Å². The maximum Gasteiger partial charge on any atom is 0.101 e. The second-order valence-corrected chi connectivity index (χ2v) is 4.08. The molecule has 0 radical (unpaired) electrons. The third kappa shape index (κ3) is 2.23. The van der Waals surface area contributed by atoms with Gasteiger partial charge < -0.3 is 9.47 Å². The smallest absolute Gasteiger partial charge is 0.101 e. The summed E-state index contributed by atoms with van der Waals surface area (Å²) < 4.78 is 2.01. The van der Waals surface area contributed by atoms with E-state index in [-0.39, 0.29) is 0 Å². The van der Waals surface area contributed by atoms with E-state index in [2.05, 4.69) is 30.9 Å². The Morgan fingerprint density at radius 2 is 1.83 bits per heavy atom. The third-order valence-electron chi connectivity index (χ3n) is 3.11. The van der Waals surface area contributed by atoms with Crippen molar-refractivity contribution in [2.24, 2.45) is 0 Å². The Labute approximate surface area is 108 Å². The predicted molar refractivity (Wildman–Crippen MR) is 74.0 cm³/mol. The van der Waals surface area contributed by atoms with Crippen LogP contribution in [0.4, 0.5) is 5.69 Å². The number of nitriles is 1. The van der Waals surface area contributed by atoms with Crippen molar-refractivity contribution in [1.29, 1.82) is 5.26 Å². The van der Waals surface area contributed by atoms with Crippen LogP contribution in [-0.4, -0.2) is 17.7 Å². The monoisotopic (exact) mass is 239 g/mol. The van der Waals surface area contributed by atoms with Crippen molar-refractivity contribution in [3.05, 3.63) is 48.3 Å². The van der Waals surface area contributed by atoms with E-state index >= 15 is 0 Å². The Morgan fingerprint density at radius 3 is 2.39 bits per heavy atom. The molecule has 1 aromatic heterocycles. The number of nitrogens with zero attached hydrogens (tertiary/aromatic N) is 3. The van der Waals surface area contributed by atoms with Crippen LogP contribution >= 0.6 is 0 Å². The quantitative estimate of drug-likeness (QED) is 0.820. The lowest BCUT2D eigenvalue weighted by atomic mass is 10.1. The van der Waals surface area contributed by atoms with E-state index in [1.54, 1.807) is 0 Å². The van der Waals surface area contributed by atoms with E-state index in [9.17, 15) is 5.26 Å². The molecule has 1 aromatic carbocycles. The molecule has 0 amide bonds. The molecule has 0 fully saturated rings. The van der Waals surface area contributed by atoms with Crippen LogP contribution in [-0.2, 0) is 0 Å². The van der Waals surface area contributed by atoms with Gasteiger partial charge in [0.15, 0.2) is 0 Å². The fourth-order valence-electron chi connectivity index (χ4n) is 2.12. The lowest BCUT2D eigenvalue weighted by molar-refractivity contribution is 0.864. The van der Waals surface area contributed by atoms with Crippen LogP contribution in [0.1, 0.15) is 19.4 Å². The number of rotatable bonds is 4. The first-order valence-corrected chi connectivity index (χ1v) is 6.22. The molecular formula is C15H17N3. The van der Waals surface area contributed by atoms with Crippen molar-refractivity contribution in [2.45, 2.75) is 13.8 Å². The maximum atomic E-state index is 9.29. The lowest BCUT2D eigenvalue weighted by Gasteiger charge is -2.22. The van der Waals surface area contributed by atoms with E-state index in [0.29, 0.717) is 0 Å².